The Hall–Kier alpha value is -1.44. The molecule has 0 aliphatic carbocycles. The topological polar surface area (TPSA) is 78.5 Å². The predicted octanol–water partition coefficient (Wildman–Crippen LogP) is 2.25. The molecule has 0 saturated carbocycles. The third kappa shape index (κ3) is 4.89. The predicted molar refractivity (Wildman–Crippen MR) is 106 cm³/mol. The number of hydrogen-bond acceptors (Lipinski definition) is 4. The van der Waals surface area contributed by atoms with Crippen molar-refractivity contribution in [2.24, 2.45) is 5.92 Å². The zero-order valence-electron chi connectivity index (χ0n) is 16.3. The largest absolute Gasteiger partial charge is 0.352 e. The summed E-state index contributed by atoms with van der Waals surface area (Å²) in [5.74, 6) is 0.562. The molecule has 7 heteroatoms. The molecule has 27 heavy (non-hydrogen) atoms. The van der Waals surface area contributed by atoms with Crippen LogP contribution in [0.3, 0.4) is 0 Å². The third-order valence-corrected chi connectivity index (χ3v) is 7.87. The van der Waals surface area contributed by atoms with Crippen molar-refractivity contribution in [3.05, 3.63) is 29.8 Å². The highest BCUT2D eigenvalue weighted by Gasteiger charge is 2.34. The standard InChI is InChI=1S/C20H31N3O3S/c1-3-23(4-2)27(25,26)19-9-5-15(6-10-19)14-21-20(24)13-16-11-17-7-8-18(12-16)22-17/h5-6,9-10,16-18,22H,3-4,7-8,11-14H2,1-2H3,(H,21,24). The summed E-state index contributed by atoms with van der Waals surface area (Å²) in [7, 11) is -3.43. The van der Waals surface area contributed by atoms with Gasteiger partial charge in [-0.15, -0.1) is 0 Å². The third-order valence-electron chi connectivity index (χ3n) is 5.80. The lowest BCUT2D eigenvalue weighted by Gasteiger charge is -2.28. The van der Waals surface area contributed by atoms with Crippen molar-refractivity contribution < 1.29 is 13.2 Å². The maximum Gasteiger partial charge on any atom is 0.243 e. The summed E-state index contributed by atoms with van der Waals surface area (Å²) in [6.07, 6.45) is 5.27. The molecule has 2 unspecified atom stereocenters. The summed E-state index contributed by atoms with van der Waals surface area (Å²) in [4.78, 5) is 12.6. The molecule has 3 rings (SSSR count). The number of benzene rings is 1. The van der Waals surface area contributed by atoms with Gasteiger partial charge >= 0.3 is 0 Å². The van der Waals surface area contributed by atoms with Gasteiger partial charge in [0.15, 0.2) is 0 Å². The highest BCUT2D eigenvalue weighted by molar-refractivity contribution is 7.89. The highest BCUT2D eigenvalue weighted by Crippen LogP contribution is 2.32. The van der Waals surface area contributed by atoms with Gasteiger partial charge in [0.25, 0.3) is 0 Å². The zero-order valence-corrected chi connectivity index (χ0v) is 17.1. The Kier molecular flexibility index (Phi) is 6.55. The minimum Gasteiger partial charge on any atom is -0.352 e. The molecule has 1 aromatic rings. The summed E-state index contributed by atoms with van der Waals surface area (Å²) in [6, 6.07) is 8.01. The number of amides is 1. The van der Waals surface area contributed by atoms with Crippen molar-refractivity contribution in [1.29, 1.82) is 0 Å². The number of piperidine rings is 1. The van der Waals surface area contributed by atoms with E-state index in [-0.39, 0.29) is 5.91 Å². The van der Waals surface area contributed by atoms with E-state index in [4.69, 9.17) is 0 Å². The van der Waals surface area contributed by atoms with Crippen LogP contribution in [0, 0.1) is 5.92 Å². The molecule has 2 aliphatic rings. The fourth-order valence-electron chi connectivity index (χ4n) is 4.37. The minimum atomic E-state index is -3.43. The highest BCUT2D eigenvalue weighted by atomic mass is 32.2. The first-order chi connectivity index (χ1) is 12.9. The molecule has 2 N–H and O–H groups in total. The first-order valence-corrected chi connectivity index (χ1v) is 11.5. The van der Waals surface area contributed by atoms with E-state index in [2.05, 4.69) is 10.6 Å². The van der Waals surface area contributed by atoms with Crippen LogP contribution in [-0.2, 0) is 21.4 Å². The van der Waals surface area contributed by atoms with Crippen LogP contribution in [0.2, 0.25) is 0 Å². The number of carbonyl (C=O) groups excluding carboxylic acids is 1. The van der Waals surface area contributed by atoms with Gasteiger partial charge in [0.2, 0.25) is 15.9 Å². The van der Waals surface area contributed by atoms with E-state index in [1.807, 2.05) is 13.8 Å². The molecular formula is C20H31N3O3S. The van der Waals surface area contributed by atoms with Crippen molar-refractivity contribution >= 4 is 15.9 Å². The van der Waals surface area contributed by atoms with Crippen LogP contribution in [0.25, 0.3) is 0 Å². The van der Waals surface area contributed by atoms with E-state index >= 15 is 0 Å². The molecule has 2 saturated heterocycles. The number of nitrogens with zero attached hydrogens (tertiary/aromatic N) is 1. The Morgan fingerprint density at radius 1 is 1.11 bits per heavy atom. The Bertz CT molecular complexity index is 732. The van der Waals surface area contributed by atoms with Crippen molar-refractivity contribution in [1.82, 2.24) is 14.9 Å². The summed E-state index contributed by atoms with van der Waals surface area (Å²) < 4.78 is 26.4. The van der Waals surface area contributed by atoms with Crippen LogP contribution in [-0.4, -0.2) is 43.8 Å². The Morgan fingerprint density at radius 3 is 2.26 bits per heavy atom. The van der Waals surface area contributed by atoms with Crippen LogP contribution in [0.15, 0.2) is 29.2 Å². The quantitative estimate of drug-likeness (QED) is 0.710. The summed E-state index contributed by atoms with van der Waals surface area (Å²) >= 11 is 0. The van der Waals surface area contributed by atoms with Crippen LogP contribution < -0.4 is 10.6 Å². The average Bonchev–Trinajstić information content (AvgIpc) is 2.99. The molecule has 2 atom stereocenters. The van der Waals surface area contributed by atoms with Crippen molar-refractivity contribution in [2.75, 3.05) is 13.1 Å². The number of hydrogen-bond donors (Lipinski definition) is 2. The summed E-state index contributed by atoms with van der Waals surface area (Å²) in [5, 5.41) is 6.58. The molecule has 2 aliphatic heterocycles. The average molecular weight is 394 g/mol. The van der Waals surface area contributed by atoms with Gasteiger partial charge in [-0.1, -0.05) is 26.0 Å². The van der Waals surface area contributed by atoms with Crippen LogP contribution >= 0.6 is 0 Å². The van der Waals surface area contributed by atoms with Crippen molar-refractivity contribution in [2.45, 2.75) is 69.5 Å². The van der Waals surface area contributed by atoms with E-state index in [9.17, 15) is 13.2 Å². The van der Waals surface area contributed by atoms with Gasteiger partial charge in [0.1, 0.15) is 0 Å². The number of sulfonamides is 1. The van der Waals surface area contributed by atoms with Gasteiger partial charge in [0, 0.05) is 38.1 Å². The monoisotopic (exact) mass is 393 g/mol. The molecular weight excluding hydrogens is 362 g/mol. The molecule has 2 bridgehead atoms. The number of rotatable bonds is 8. The number of nitrogens with one attached hydrogen (secondary N) is 2. The maximum atomic E-state index is 12.5. The summed E-state index contributed by atoms with van der Waals surface area (Å²) in [5.41, 5.74) is 0.909. The van der Waals surface area contributed by atoms with E-state index in [1.54, 1.807) is 24.3 Å². The molecule has 0 aromatic heterocycles. The van der Waals surface area contributed by atoms with Gasteiger partial charge in [-0.2, -0.15) is 4.31 Å². The molecule has 1 amide bonds. The van der Waals surface area contributed by atoms with Gasteiger partial charge in [-0.05, 0) is 49.3 Å². The number of carbonyl (C=O) groups is 1. The van der Waals surface area contributed by atoms with Crippen LogP contribution in [0.4, 0.5) is 0 Å². The summed E-state index contributed by atoms with van der Waals surface area (Å²) in [6.45, 7) is 5.00. The van der Waals surface area contributed by atoms with E-state index in [0.29, 0.717) is 49.0 Å². The molecule has 2 fully saturated rings. The van der Waals surface area contributed by atoms with E-state index in [1.165, 1.54) is 17.1 Å². The first-order valence-electron chi connectivity index (χ1n) is 10.0. The SMILES string of the molecule is CCN(CC)S(=O)(=O)c1ccc(CNC(=O)CC2CC3CCC(C2)N3)cc1. The lowest BCUT2D eigenvalue weighted by molar-refractivity contribution is -0.122. The molecule has 2 heterocycles. The smallest absolute Gasteiger partial charge is 0.243 e. The maximum absolute atomic E-state index is 12.5. The Balaban J connectivity index is 1.50. The lowest BCUT2D eigenvalue weighted by atomic mass is 9.89. The van der Waals surface area contributed by atoms with Gasteiger partial charge in [-0.25, -0.2) is 8.42 Å². The second-order valence-electron chi connectivity index (χ2n) is 7.69. The lowest BCUT2D eigenvalue weighted by Crippen LogP contribution is -2.39. The fourth-order valence-corrected chi connectivity index (χ4v) is 5.83. The number of fused-ring (bicyclic) bond motifs is 2. The van der Waals surface area contributed by atoms with Crippen molar-refractivity contribution in [3.63, 3.8) is 0 Å². The van der Waals surface area contributed by atoms with Gasteiger partial charge < -0.3 is 10.6 Å². The minimum absolute atomic E-state index is 0.0844. The molecule has 150 valence electrons. The second-order valence-corrected chi connectivity index (χ2v) is 9.63. The van der Waals surface area contributed by atoms with Crippen LogP contribution in [0.5, 0.6) is 0 Å². The van der Waals surface area contributed by atoms with Gasteiger partial charge in [0.05, 0.1) is 4.90 Å². The van der Waals surface area contributed by atoms with E-state index in [0.717, 1.165) is 18.4 Å². The molecule has 0 radical (unpaired) electrons. The van der Waals surface area contributed by atoms with E-state index < -0.39 is 10.0 Å². The van der Waals surface area contributed by atoms with Crippen LogP contribution in [0.1, 0.15) is 51.5 Å². The Labute approximate surface area is 162 Å². The molecule has 6 nitrogen and oxygen atoms in total. The first kappa shape index (κ1) is 20.3. The normalized spacial score (nSPS) is 24.9. The van der Waals surface area contributed by atoms with Crippen molar-refractivity contribution in [3.8, 4) is 0 Å². The second kappa shape index (κ2) is 8.71. The Morgan fingerprint density at radius 2 is 1.70 bits per heavy atom. The zero-order chi connectivity index (χ0) is 19.4. The fraction of sp³-hybridized carbons (Fsp3) is 0.650. The van der Waals surface area contributed by atoms with Gasteiger partial charge in [-0.3, -0.25) is 4.79 Å². The molecule has 1 aromatic carbocycles. The molecule has 0 spiro atoms.